The van der Waals surface area contributed by atoms with Crippen molar-refractivity contribution in [3.05, 3.63) is 29.3 Å². The number of hydrogen-bond acceptors (Lipinski definition) is 4. The zero-order chi connectivity index (χ0) is 13.8. The normalized spacial score (nSPS) is 17.3. The van der Waals surface area contributed by atoms with Crippen LogP contribution in [0.15, 0.2) is 23.4 Å². The Morgan fingerprint density at radius 2 is 2.32 bits per heavy atom. The molecule has 4 N–H and O–H groups in total. The summed E-state index contributed by atoms with van der Waals surface area (Å²) in [5.41, 5.74) is 7.32. The number of nitrogens with two attached hydrogens (primary N) is 1. The van der Waals surface area contributed by atoms with Gasteiger partial charge in [-0.05, 0) is 43.4 Å². The molecular weight excluding hydrogens is 242 g/mol. The summed E-state index contributed by atoms with van der Waals surface area (Å²) < 4.78 is 5.28. The maximum absolute atomic E-state index is 8.72. The molecule has 0 bridgehead atoms. The van der Waals surface area contributed by atoms with Gasteiger partial charge in [-0.3, -0.25) is 0 Å². The fourth-order valence-electron chi connectivity index (χ4n) is 2.15. The molecule has 0 amide bonds. The van der Waals surface area contributed by atoms with Crippen LogP contribution in [0.3, 0.4) is 0 Å². The number of nitrogens with zero attached hydrogens (tertiary/aromatic N) is 1. The largest absolute Gasteiger partial charge is 0.496 e. The van der Waals surface area contributed by atoms with Crippen molar-refractivity contribution in [2.45, 2.75) is 32.4 Å². The molecule has 5 heteroatoms. The molecule has 1 aliphatic rings. The number of benzene rings is 1. The third-order valence-corrected chi connectivity index (χ3v) is 3.61. The van der Waals surface area contributed by atoms with E-state index in [-0.39, 0.29) is 5.84 Å². The Balaban J connectivity index is 2.05. The summed E-state index contributed by atoms with van der Waals surface area (Å²) >= 11 is 0. The van der Waals surface area contributed by atoms with Crippen LogP contribution in [-0.4, -0.2) is 24.2 Å². The Kier molecular flexibility index (Phi) is 4.27. The van der Waals surface area contributed by atoms with E-state index in [2.05, 4.69) is 17.4 Å². The molecule has 0 aliphatic heterocycles. The van der Waals surface area contributed by atoms with E-state index < -0.39 is 0 Å². The number of amidine groups is 1. The number of hydrogen-bond donors (Lipinski definition) is 3. The first kappa shape index (κ1) is 13.7. The molecule has 1 atom stereocenters. The van der Waals surface area contributed by atoms with E-state index in [9.17, 15) is 0 Å². The summed E-state index contributed by atoms with van der Waals surface area (Å²) in [7, 11) is 1.58. The fourth-order valence-corrected chi connectivity index (χ4v) is 2.15. The highest BCUT2D eigenvalue weighted by Gasteiger charge is 2.27. The minimum atomic E-state index is 0.0581. The van der Waals surface area contributed by atoms with Gasteiger partial charge in [0, 0.05) is 12.6 Å². The summed E-state index contributed by atoms with van der Waals surface area (Å²) in [4.78, 5) is 0. The average molecular weight is 263 g/mol. The topological polar surface area (TPSA) is 79.9 Å². The molecule has 0 saturated heterocycles. The fraction of sp³-hybridized carbons (Fsp3) is 0.500. The number of ether oxygens (including phenoxy) is 1. The Labute approximate surface area is 113 Å². The standard InChI is InChI=1S/C14H21N3O2/c1-9(11-4-5-11)16-8-10-3-6-12(14(15)17-18)13(7-10)19-2/h3,6-7,9,11,16,18H,4-5,8H2,1-2H3,(H2,15,17). The third-order valence-electron chi connectivity index (χ3n) is 3.61. The van der Waals surface area contributed by atoms with Crippen LogP contribution in [0.4, 0.5) is 0 Å². The van der Waals surface area contributed by atoms with Crippen molar-refractivity contribution < 1.29 is 9.94 Å². The second kappa shape index (κ2) is 5.93. The van der Waals surface area contributed by atoms with Crippen LogP contribution < -0.4 is 15.8 Å². The van der Waals surface area contributed by atoms with Gasteiger partial charge in [0.25, 0.3) is 0 Å². The zero-order valence-electron chi connectivity index (χ0n) is 11.4. The summed E-state index contributed by atoms with van der Waals surface area (Å²) in [5.74, 6) is 1.51. The molecule has 0 aromatic heterocycles. The maximum Gasteiger partial charge on any atom is 0.173 e. The molecule has 19 heavy (non-hydrogen) atoms. The molecule has 2 rings (SSSR count). The van der Waals surface area contributed by atoms with Crippen LogP contribution in [0.5, 0.6) is 5.75 Å². The van der Waals surface area contributed by atoms with Gasteiger partial charge in [-0.15, -0.1) is 0 Å². The van der Waals surface area contributed by atoms with Crippen LogP contribution in [-0.2, 0) is 6.54 Å². The van der Waals surface area contributed by atoms with Crippen molar-refractivity contribution in [1.29, 1.82) is 0 Å². The van der Waals surface area contributed by atoms with Crippen LogP contribution >= 0.6 is 0 Å². The van der Waals surface area contributed by atoms with E-state index in [1.165, 1.54) is 12.8 Å². The van der Waals surface area contributed by atoms with Gasteiger partial charge >= 0.3 is 0 Å². The van der Waals surface area contributed by atoms with Gasteiger partial charge in [0.2, 0.25) is 0 Å². The minimum absolute atomic E-state index is 0.0581. The number of rotatable bonds is 6. The molecule has 5 nitrogen and oxygen atoms in total. The lowest BCUT2D eigenvalue weighted by Crippen LogP contribution is -2.27. The summed E-state index contributed by atoms with van der Waals surface area (Å²) in [6, 6.07) is 6.24. The highest BCUT2D eigenvalue weighted by atomic mass is 16.5. The zero-order valence-corrected chi connectivity index (χ0v) is 11.4. The van der Waals surface area contributed by atoms with Crippen molar-refractivity contribution >= 4 is 5.84 Å². The van der Waals surface area contributed by atoms with Crippen molar-refractivity contribution in [1.82, 2.24) is 5.32 Å². The Morgan fingerprint density at radius 3 is 2.89 bits per heavy atom. The molecule has 1 aliphatic carbocycles. The highest BCUT2D eigenvalue weighted by molar-refractivity contribution is 5.99. The minimum Gasteiger partial charge on any atom is -0.496 e. The lowest BCUT2D eigenvalue weighted by Gasteiger charge is -2.14. The first-order valence-corrected chi connectivity index (χ1v) is 6.54. The highest BCUT2D eigenvalue weighted by Crippen LogP contribution is 2.32. The van der Waals surface area contributed by atoms with E-state index >= 15 is 0 Å². The van der Waals surface area contributed by atoms with Crippen LogP contribution in [0.25, 0.3) is 0 Å². The van der Waals surface area contributed by atoms with E-state index in [0.29, 0.717) is 17.4 Å². The van der Waals surface area contributed by atoms with E-state index in [1.54, 1.807) is 7.11 Å². The molecule has 0 heterocycles. The molecule has 0 radical (unpaired) electrons. The van der Waals surface area contributed by atoms with Gasteiger partial charge in [0.05, 0.1) is 12.7 Å². The van der Waals surface area contributed by atoms with Crippen molar-refractivity contribution in [3.63, 3.8) is 0 Å². The Bertz CT molecular complexity index is 470. The lowest BCUT2D eigenvalue weighted by atomic mass is 10.1. The van der Waals surface area contributed by atoms with E-state index in [0.717, 1.165) is 18.0 Å². The first-order valence-electron chi connectivity index (χ1n) is 6.54. The monoisotopic (exact) mass is 263 g/mol. The smallest absolute Gasteiger partial charge is 0.173 e. The van der Waals surface area contributed by atoms with Gasteiger partial charge < -0.3 is 21.0 Å². The maximum atomic E-state index is 8.72. The van der Waals surface area contributed by atoms with Crippen LogP contribution in [0.1, 0.15) is 30.9 Å². The van der Waals surface area contributed by atoms with E-state index in [1.807, 2.05) is 18.2 Å². The molecule has 0 spiro atoms. The second-order valence-electron chi connectivity index (χ2n) is 5.03. The second-order valence-corrected chi connectivity index (χ2v) is 5.03. The van der Waals surface area contributed by atoms with Crippen LogP contribution in [0, 0.1) is 5.92 Å². The molecular formula is C14H21N3O2. The summed E-state index contributed by atoms with van der Waals surface area (Å²) in [5, 5.41) is 15.2. The van der Waals surface area contributed by atoms with Crippen molar-refractivity contribution in [2.24, 2.45) is 16.8 Å². The summed E-state index contributed by atoms with van der Waals surface area (Å²) in [6.45, 7) is 3.02. The quantitative estimate of drug-likeness (QED) is 0.316. The van der Waals surface area contributed by atoms with Gasteiger partial charge in [0.15, 0.2) is 5.84 Å². The molecule has 104 valence electrons. The van der Waals surface area contributed by atoms with Gasteiger partial charge in [0.1, 0.15) is 5.75 Å². The van der Waals surface area contributed by atoms with Gasteiger partial charge in [-0.25, -0.2) is 0 Å². The number of methoxy groups -OCH3 is 1. The molecule has 1 fully saturated rings. The third kappa shape index (κ3) is 3.38. The van der Waals surface area contributed by atoms with Gasteiger partial charge in [-0.2, -0.15) is 0 Å². The lowest BCUT2D eigenvalue weighted by molar-refractivity contribution is 0.318. The molecule has 1 aromatic rings. The van der Waals surface area contributed by atoms with Crippen LogP contribution in [0.2, 0.25) is 0 Å². The number of oxime groups is 1. The molecule has 1 saturated carbocycles. The molecule has 1 aromatic carbocycles. The van der Waals surface area contributed by atoms with Gasteiger partial charge in [-0.1, -0.05) is 11.2 Å². The first-order chi connectivity index (χ1) is 9.15. The predicted molar refractivity (Wildman–Crippen MR) is 74.5 cm³/mol. The summed E-state index contributed by atoms with van der Waals surface area (Å²) in [6.07, 6.45) is 2.67. The Morgan fingerprint density at radius 1 is 1.58 bits per heavy atom. The predicted octanol–water partition coefficient (Wildman–Crippen LogP) is 1.68. The Hall–Kier alpha value is -1.75. The SMILES string of the molecule is COc1cc(CNC(C)C2CC2)ccc1/C(N)=N/O. The van der Waals surface area contributed by atoms with E-state index in [4.69, 9.17) is 15.7 Å². The van der Waals surface area contributed by atoms with Crippen molar-refractivity contribution in [2.75, 3.05) is 7.11 Å². The molecule has 1 unspecified atom stereocenters. The van der Waals surface area contributed by atoms with Crippen molar-refractivity contribution in [3.8, 4) is 5.75 Å². The average Bonchev–Trinajstić information content (AvgIpc) is 3.28. The number of nitrogens with one attached hydrogen (secondary N) is 1.